The summed E-state index contributed by atoms with van der Waals surface area (Å²) in [4.78, 5) is 12.2. The van der Waals surface area contributed by atoms with E-state index in [2.05, 4.69) is 29.9 Å². The second kappa shape index (κ2) is 6.14. The van der Waals surface area contributed by atoms with E-state index in [0.717, 1.165) is 24.3 Å². The SMILES string of the molecule is CCC(CSC)NC(=O)C1Cc2ccccc2N1. The van der Waals surface area contributed by atoms with Crippen LogP contribution in [0.2, 0.25) is 0 Å². The number of nitrogens with one attached hydrogen (secondary N) is 2. The number of hydrogen-bond acceptors (Lipinski definition) is 3. The van der Waals surface area contributed by atoms with Crippen LogP contribution in [0.5, 0.6) is 0 Å². The van der Waals surface area contributed by atoms with E-state index in [1.165, 1.54) is 5.56 Å². The molecule has 98 valence electrons. The molecule has 2 atom stereocenters. The zero-order valence-corrected chi connectivity index (χ0v) is 11.7. The number of anilines is 1. The summed E-state index contributed by atoms with van der Waals surface area (Å²) in [6, 6.07) is 8.28. The standard InChI is InChI=1S/C14H20N2OS/c1-3-11(9-18-2)15-14(17)13-8-10-6-4-5-7-12(10)16-13/h4-7,11,13,16H,3,8-9H2,1-2H3,(H,15,17). The highest BCUT2D eigenvalue weighted by atomic mass is 32.2. The van der Waals surface area contributed by atoms with Gasteiger partial charge in [-0.3, -0.25) is 4.79 Å². The van der Waals surface area contributed by atoms with Crippen LogP contribution in [0.3, 0.4) is 0 Å². The fourth-order valence-corrected chi connectivity index (χ4v) is 2.94. The smallest absolute Gasteiger partial charge is 0.243 e. The number of para-hydroxylation sites is 1. The van der Waals surface area contributed by atoms with Gasteiger partial charge in [0.2, 0.25) is 5.91 Å². The Labute approximate surface area is 113 Å². The summed E-state index contributed by atoms with van der Waals surface area (Å²) < 4.78 is 0. The van der Waals surface area contributed by atoms with E-state index in [9.17, 15) is 4.79 Å². The van der Waals surface area contributed by atoms with Crippen LogP contribution in [-0.4, -0.2) is 30.0 Å². The van der Waals surface area contributed by atoms with Gasteiger partial charge in [0.15, 0.2) is 0 Å². The molecule has 0 aliphatic carbocycles. The molecule has 4 heteroatoms. The van der Waals surface area contributed by atoms with Gasteiger partial charge in [0.25, 0.3) is 0 Å². The summed E-state index contributed by atoms with van der Waals surface area (Å²) in [5.41, 5.74) is 2.33. The van der Waals surface area contributed by atoms with Crippen LogP contribution in [0, 0.1) is 0 Å². The molecule has 1 aliphatic heterocycles. The Morgan fingerprint density at radius 2 is 2.33 bits per heavy atom. The van der Waals surface area contributed by atoms with Crippen LogP contribution < -0.4 is 10.6 Å². The van der Waals surface area contributed by atoms with Crippen LogP contribution in [-0.2, 0) is 11.2 Å². The predicted molar refractivity (Wildman–Crippen MR) is 78.2 cm³/mol. The van der Waals surface area contributed by atoms with Crippen molar-refractivity contribution in [3.05, 3.63) is 29.8 Å². The monoisotopic (exact) mass is 264 g/mol. The van der Waals surface area contributed by atoms with E-state index in [1.54, 1.807) is 11.8 Å². The predicted octanol–water partition coefficient (Wildman–Crippen LogP) is 2.28. The highest BCUT2D eigenvalue weighted by molar-refractivity contribution is 7.98. The molecular formula is C14H20N2OS. The molecule has 3 nitrogen and oxygen atoms in total. The number of amides is 1. The zero-order chi connectivity index (χ0) is 13.0. The maximum absolute atomic E-state index is 12.2. The molecule has 1 aliphatic rings. The van der Waals surface area contributed by atoms with E-state index in [1.807, 2.05) is 18.2 Å². The Hall–Kier alpha value is -1.16. The molecule has 1 aromatic rings. The first-order valence-electron chi connectivity index (χ1n) is 6.38. The summed E-state index contributed by atoms with van der Waals surface area (Å²) >= 11 is 1.77. The topological polar surface area (TPSA) is 41.1 Å². The van der Waals surface area contributed by atoms with Gasteiger partial charge in [0.1, 0.15) is 6.04 Å². The van der Waals surface area contributed by atoms with Gasteiger partial charge in [-0.25, -0.2) is 0 Å². The minimum atomic E-state index is -0.113. The summed E-state index contributed by atoms with van der Waals surface area (Å²) in [5, 5.41) is 6.41. The molecule has 0 saturated heterocycles. The van der Waals surface area contributed by atoms with Crippen LogP contribution in [0.4, 0.5) is 5.69 Å². The summed E-state index contributed by atoms with van der Waals surface area (Å²) in [6.45, 7) is 2.11. The summed E-state index contributed by atoms with van der Waals surface area (Å²) in [6.07, 6.45) is 3.84. The van der Waals surface area contributed by atoms with Gasteiger partial charge in [-0.1, -0.05) is 25.1 Å². The van der Waals surface area contributed by atoms with Crippen LogP contribution in [0.1, 0.15) is 18.9 Å². The molecule has 1 heterocycles. The molecular weight excluding hydrogens is 244 g/mol. The lowest BCUT2D eigenvalue weighted by atomic mass is 10.1. The van der Waals surface area contributed by atoms with Crippen LogP contribution in [0.15, 0.2) is 24.3 Å². The molecule has 0 aromatic heterocycles. The quantitative estimate of drug-likeness (QED) is 0.857. The van der Waals surface area contributed by atoms with Gasteiger partial charge >= 0.3 is 0 Å². The molecule has 18 heavy (non-hydrogen) atoms. The highest BCUT2D eigenvalue weighted by Gasteiger charge is 2.27. The number of carbonyl (C=O) groups is 1. The van der Waals surface area contributed by atoms with E-state index in [0.29, 0.717) is 0 Å². The van der Waals surface area contributed by atoms with Crippen molar-refractivity contribution < 1.29 is 4.79 Å². The van der Waals surface area contributed by atoms with Crippen molar-refractivity contribution in [1.82, 2.24) is 5.32 Å². The number of benzene rings is 1. The van der Waals surface area contributed by atoms with E-state index in [-0.39, 0.29) is 18.0 Å². The Morgan fingerprint density at radius 3 is 3.00 bits per heavy atom. The molecule has 1 amide bonds. The molecule has 0 bridgehead atoms. The Kier molecular flexibility index (Phi) is 4.53. The van der Waals surface area contributed by atoms with Crippen molar-refractivity contribution >= 4 is 23.4 Å². The van der Waals surface area contributed by atoms with Crippen molar-refractivity contribution in [3.63, 3.8) is 0 Å². The normalized spacial score (nSPS) is 18.9. The number of rotatable bonds is 5. The molecule has 1 aromatic carbocycles. The fraction of sp³-hybridized carbons (Fsp3) is 0.500. The van der Waals surface area contributed by atoms with Crippen molar-refractivity contribution in [2.24, 2.45) is 0 Å². The first-order chi connectivity index (χ1) is 8.74. The Morgan fingerprint density at radius 1 is 1.56 bits per heavy atom. The summed E-state index contributed by atoms with van der Waals surface area (Å²) in [7, 11) is 0. The molecule has 2 unspecified atom stereocenters. The largest absolute Gasteiger partial charge is 0.373 e. The highest BCUT2D eigenvalue weighted by Crippen LogP contribution is 2.25. The molecule has 0 fully saturated rings. The van der Waals surface area contributed by atoms with Crippen molar-refractivity contribution in [2.75, 3.05) is 17.3 Å². The number of fused-ring (bicyclic) bond motifs is 1. The molecule has 0 radical (unpaired) electrons. The fourth-order valence-electron chi connectivity index (χ4n) is 2.22. The maximum atomic E-state index is 12.2. The van der Waals surface area contributed by atoms with Crippen LogP contribution in [0.25, 0.3) is 0 Å². The third kappa shape index (κ3) is 2.99. The van der Waals surface area contributed by atoms with Gasteiger partial charge in [-0.2, -0.15) is 11.8 Å². The van der Waals surface area contributed by atoms with E-state index >= 15 is 0 Å². The first kappa shape index (κ1) is 13.3. The van der Waals surface area contributed by atoms with Crippen LogP contribution >= 0.6 is 11.8 Å². The van der Waals surface area contributed by atoms with Gasteiger partial charge in [0, 0.05) is 23.9 Å². The maximum Gasteiger partial charge on any atom is 0.243 e. The van der Waals surface area contributed by atoms with Crippen molar-refractivity contribution in [2.45, 2.75) is 31.8 Å². The van der Waals surface area contributed by atoms with Crippen molar-refractivity contribution in [3.8, 4) is 0 Å². The average molecular weight is 264 g/mol. The summed E-state index contributed by atoms with van der Waals surface area (Å²) in [5.74, 6) is 1.09. The third-order valence-corrected chi connectivity index (χ3v) is 4.03. The van der Waals surface area contributed by atoms with Gasteiger partial charge in [0.05, 0.1) is 0 Å². The van der Waals surface area contributed by atoms with Gasteiger partial charge < -0.3 is 10.6 Å². The molecule has 2 N–H and O–H groups in total. The van der Waals surface area contributed by atoms with E-state index in [4.69, 9.17) is 0 Å². The minimum absolute atomic E-state index is 0.113. The number of hydrogen-bond donors (Lipinski definition) is 2. The molecule has 0 spiro atoms. The van der Waals surface area contributed by atoms with Gasteiger partial charge in [-0.15, -0.1) is 0 Å². The van der Waals surface area contributed by atoms with Gasteiger partial charge in [-0.05, 0) is 24.3 Å². The lowest BCUT2D eigenvalue weighted by molar-refractivity contribution is -0.122. The number of thioether (sulfide) groups is 1. The lowest BCUT2D eigenvalue weighted by Crippen LogP contribution is -2.44. The third-order valence-electron chi connectivity index (χ3n) is 3.29. The van der Waals surface area contributed by atoms with E-state index < -0.39 is 0 Å². The lowest BCUT2D eigenvalue weighted by Gasteiger charge is -2.19. The minimum Gasteiger partial charge on any atom is -0.373 e. The Balaban J connectivity index is 1.92. The Bertz CT molecular complexity index is 397. The molecule has 2 rings (SSSR count). The molecule has 0 saturated carbocycles. The second-order valence-corrected chi connectivity index (χ2v) is 5.54. The average Bonchev–Trinajstić information content (AvgIpc) is 2.82. The second-order valence-electron chi connectivity index (χ2n) is 4.63. The zero-order valence-electron chi connectivity index (χ0n) is 10.9. The number of carbonyl (C=O) groups excluding carboxylic acids is 1. The van der Waals surface area contributed by atoms with Crippen molar-refractivity contribution in [1.29, 1.82) is 0 Å². The first-order valence-corrected chi connectivity index (χ1v) is 7.77.